The molecule has 94 valence electrons. The minimum atomic E-state index is -1.74. The average molecular weight is 236 g/mol. The SMILES string of the molecule is C=CC(=O)OCC(O)C(O)C(O)C(O)CO. The zero-order valence-corrected chi connectivity index (χ0v) is 8.56. The first-order valence-corrected chi connectivity index (χ1v) is 4.56. The van der Waals surface area contributed by atoms with Crippen LogP contribution in [0.4, 0.5) is 0 Å². The zero-order chi connectivity index (χ0) is 12.7. The third-order valence-corrected chi connectivity index (χ3v) is 1.89. The van der Waals surface area contributed by atoms with Crippen molar-refractivity contribution in [3.63, 3.8) is 0 Å². The summed E-state index contributed by atoms with van der Waals surface area (Å²) in [5.74, 6) is -0.788. The van der Waals surface area contributed by atoms with E-state index < -0.39 is 43.6 Å². The van der Waals surface area contributed by atoms with E-state index in [1.807, 2.05) is 0 Å². The van der Waals surface area contributed by atoms with E-state index in [9.17, 15) is 20.1 Å². The largest absolute Gasteiger partial charge is 0.460 e. The fourth-order valence-electron chi connectivity index (χ4n) is 0.888. The molecule has 0 aliphatic carbocycles. The molecule has 0 bridgehead atoms. The number of carbonyl (C=O) groups is 1. The van der Waals surface area contributed by atoms with Gasteiger partial charge >= 0.3 is 5.97 Å². The summed E-state index contributed by atoms with van der Waals surface area (Å²) in [5, 5.41) is 45.2. The second kappa shape index (κ2) is 7.31. The van der Waals surface area contributed by atoms with Crippen LogP contribution in [0.5, 0.6) is 0 Å². The van der Waals surface area contributed by atoms with Crippen LogP contribution < -0.4 is 0 Å². The summed E-state index contributed by atoms with van der Waals surface area (Å²) in [7, 11) is 0. The van der Waals surface area contributed by atoms with Crippen LogP contribution >= 0.6 is 0 Å². The fourth-order valence-corrected chi connectivity index (χ4v) is 0.888. The van der Waals surface area contributed by atoms with Crippen LogP contribution in [-0.2, 0) is 9.53 Å². The third-order valence-electron chi connectivity index (χ3n) is 1.89. The Hall–Kier alpha value is -0.990. The van der Waals surface area contributed by atoms with Crippen molar-refractivity contribution in [1.82, 2.24) is 0 Å². The Kier molecular flexibility index (Phi) is 6.86. The van der Waals surface area contributed by atoms with E-state index in [-0.39, 0.29) is 0 Å². The van der Waals surface area contributed by atoms with Crippen LogP contribution in [0.1, 0.15) is 0 Å². The molecule has 5 N–H and O–H groups in total. The van der Waals surface area contributed by atoms with Crippen molar-refractivity contribution in [2.45, 2.75) is 24.4 Å². The van der Waals surface area contributed by atoms with Crippen LogP contribution in [-0.4, -0.2) is 69.1 Å². The van der Waals surface area contributed by atoms with Crippen LogP contribution in [0.2, 0.25) is 0 Å². The van der Waals surface area contributed by atoms with E-state index in [0.29, 0.717) is 0 Å². The molecule has 7 heteroatoms. The maximum atomic E-state index is 10.6. The second-order valence-corrected chi connectivity index (χ2v) is 3.13. The molecule has 0 saturated heterocycles. The Morgan fingerprint density at radius 2 is 1.69 bits per heavy atom. The molecule has 0 saturated carbocycles. The minimum absolute atomic E-state index is 0.554. The highest BCUT2D eigenvalue weighted by Crippen LogP contribution is 2.05. The normalized spacial score (nSPS) is 18.3. The van der Waals surface area contributed by atoms with Crippen molar-refractivity contribution in [2.24, 2.45) is 0 Å². The Morgan fingerprint density at radius 3 is 2.12 bits per heavy atom. The summed E-state index contributed by atoms with van der Waals surface area (Å²) < 4.78 is 4.42. The number of aliphatic hydroxyl groups excluding tert-OH is 5. The molecule has 0 aromatic rings. The molecular formula is C9H16O7. The van der Waals surface area contributed by atoms with Gasteiger partial charge in [-0.1, -0.05) is 6.58 Å². The number of rotatable bonds is 7. The summed E-state index contributed by atoms with van der Waals surface area (Å²) in [4.78, 5) is 10.6. The molecule has 0 aromatic heterocycles. The van der Waals surface area contributed by atoms with Gasteiger partial charge < -0.3 is 30.3 Å². The summed E-state index contributed by atoms with van der Waals surface area (Å²) in [6, 6.07) is 0. The summed E-state index contributed by atoms with van der Waals surface area (Å²) in [5.41, 5.74) is 0. The van der Waals surface area contributed by atoms with Gasteiger partial charge in [0, 0.05) is 6.08 Å². The smallest absolute Gasteiger partial charge is 0.330 e. The second-order valence-electron chi connectivity index (χ2n) is 3.13. The number of hydrogen-bond donors (Lipinski definition) is 5. The van der Waals surface area contributed by atoms with Gasteiger partial charge in [0.05, 0.1) is 6.61 Å². The van der Waals surface area contributed by atoms with Gasteiger partial charge in [0.25, 0.3) is 0 Å². The summed E-state index contributed by atoms with van der Waals surface area (Å²) in [6.45, 7) is 1.80. The fraction of sp³-hybridized carbons (Fsp3) is 0.667. The monoisotopic (exact) mass is 236 g/mol. The van der Waals surface area contributed by atoms with E-state index in [4.69, 9.17) is 10.2 Å². The van der Waals surface area contributed by atoms with E-state index in [2.05, 4.69) is 11.3 Å². The predicted octanol–water partition coefficient (Wildman–Crippen LogP) is -2.85. The molecule has 7 nitrogen and oxygen atoms in total. The van der Waals surface area contributed by atoms with Gasteiger partial charge in [-0.15, -0.1) is 0 Å². The Labute approximate surface area is 92.2 Å². The molecule has 0 aromatic carbocycles. The number of hydrogen-bond acceptors (Lipinski definition) is 7. The van der Waals surface area contributed by atoms with Gasteiger partial charge in [0.15, 0.2) is 0 Å². The van der Waals surface area contributed by atoms with Crippen molar-refractivity contribution in [2.75, 3.05) is 13.2 Å². The lowest BCUT2D eigenvalue weighted by atomic mass is 10.0. The van der Waals surface area contributed by atoms with Crippen LogP contribution in [0.15, 0.2) is 12.7 Å². The highest BCUT2D eigenvalue weighted by molar-refractivity contribution is 5.81. The molecule has 16 heavy (non-hydrogen) atoms. The number of carbonyl (C=O) groups excluding carboxylic acids is 1. The highest BCUT2D eigenvalue weighted by atomic mass is 16.5. The van der Waals surface area contributed by atoms with Gasteiger partial charge in [-0.2, -0.15) is 0 Å². The molecule has 0 amide bonds. The van der Waals surface area contributed by atoms with Crippen LogP contribution in [0.25, 0.3) is 0 Å². The van der Waals surface area contributed by atoms with Crippen LogP contribution in [0.3, 0.4) is 0 Å². The maximum absolute atomic E-state index is 10.6. The molecule has 0 radical (unpaired) electrons. The predicted molar refractivity (Wildman–Crippen MR) is 52.3 cm³/mol. The van der Waals surface area contributed by atoms with Gasteiger partial charge in [0.1, 0.15) is 31.0 Å². The van der Waals surface area contributed by atoms with Gasteiger partial charge in [0.2, 0.25) is 0 Å². The quantitative estimate of drug-likeness (QED) is 0.238. The molecule has 0 heterocycles. The molecule has 0 aliphatic heterocycles. The molecule has 0 aliphatic rings. The standard InChI is InChI=1S/C9H16O7/c1-2-7(13)16-4-6(12)9(15)8(14)5(11)3-10/h2,5-6,8-12,14-15H,1,3-4H2. The van der Waals surface area contributed by atoms with Gasteiger partial charge in [-0.3, -0.25) is 0 Å². The van der Waals surface area contributed by atoms with Gasteiger partial charge in [-0.25, -0.2) is 4.79 Å². The third kappa shape index (κ3) is 4.69. The lowest BCUT2D eigenvalue weighted by Gasteiger charge is -2.25. The first-order valence-electron chi connectivity index (χ1n) is 4.56. The van der Waals surface area contributed by atoms with E-state index in [1.165, 1.54) is 0 Å². The summed E-state index contributed by atoms with van der Waals surface area (Å²) >= 11 is 0. The molecular weight excluding hydrogens is 220 g/mol. The topological polar surface area (TPSA) is 127 Å². The van der Waals surface area contributed by atoms with Crippen molar-refractivity contribution in [1.29, 1.82) is 0 Å². The molecule has 0 spiro atoms. The van der Waals surface area contributed by atoms with E-state index in [1.54, 1.807) is 0 Å². The van der Waals surface area contributed by atoms with E-state index in [0.717, 1.165) is 6.08 Å². The van der Waals surface area contributed by atoms with Crippen molar-refractivity contribution in [3.05, 3.63) is 12.7 Å². The molecule has 0 fully saturated rings. The van der Waals surface area contributed by atoms with Crippen molar-refractivity contribution in [3.8, 4) is 0 Å². The van der Waals surface area contributed by atoms with Crippen LogP contribution in [0, 0.1) is 0 Å². The number of ether oxygens (including phenoxy) is 1. The van der Waals surface area contributed by atoms with Crippen molar-refractivity contribution < 1.29 is 35.1 Å². The highest BCUT2D eigenvalue weighted by Gasteiger charge is 2.30. The number of aliphatic hydroxyl groups is 5. The Bertz CT molecular complexity index is 230. The molecule has 4 unspecified atom stereocenters. The Morgan fingerprint density at radius 1 is 1.19 bits per heavy atom. The molecule has 0 rings (SSSR count). The van der Waals surface area contributed by atoms with E-state index >= 15 is 0 Å². The summed E-state index contributed by atoms with van der Waals surface area (Å²) in [6.07, 6.45) is -5.75. The van der Waals surface area contributed by atoms with Gasteiger partial charge in [-0.05, 0) is 0 Å². The molecule has 4 atom stereocenters. The maximum Gasteiger partial charge on any atom is 0.330 e. The minimum Gasteiger partial charge on any atom is -0.460 e. The Balaban J connectivity index is 4.11. The average Bonchev–Trinajstić information content (AvgIpc) is 2.32. The zero-order valence-electron chi connectivity index (χ0n) is 8.56. The van der Waals surface area contributed by atoms with Crippen molar-refractivity contribution >= 4 is 5.97 Å². The first kappa shape index (κ1) is 15.0. The first-order chi connectivity index (χ1) is 7.43. The number of esters is 1. The lowest BCUT2D eigenvalue weighted by molar-refractivity contribution is -0.151. The lowest BCUT2D eigenvalue weighted by Crippen LogP contribution is -2.47.